The van der Waals surface area contributed by atoms with Crippen molar-refractivity contribution in [3.8, 4) is 0 Å². The second-order valence-electron chi connectivity index (χ2n) is 8.03. The zero-order chi connectivity index (χ0) is 19.8. The summed E-state index contributed by atoms with van der Waals surface area (Å²) in [6.07, 6.45) is 6.58. The highest BCUT2D eigenvalue weighted by Gasteiger charge is 2.40. The molecule has 2 aromatic rings. The number of rotatable bonds is 2. The monoisotopic (exact) mass is 407 g/mol. The van der Waals surface area contributed by atoms with Crippen molar-refractivity contribution in [1.82, 2.24) is 5.32 Å². The quantitative estimate of drug-likeness (QED) is 0.702. The molecule has 2 aliphatic carbocycles. The van der Waals surface area contributed by atoms with E-state index in [1.54, 1.807) is 11.3 Å². The number of anilines is 2. The van der Waals surface area contributed by atoms with Gasteiger partial charge >= 0.3 is 6.03 Å². The van der Waals surface area contributed by atoms with Crippen LogP contribution in [0.4, 0.5) is 16.2 Å². The maximum atomic E-state index is 13.6. The lowest BCUT2D eigenvalue weighted by Crippen LogP contribution is -2.47. The molecule has 150 valence electrons. The molecule has 2 heterocycles. The van der Waals surface area contributed by atoms with E-state index in [0.717, 1.165) is 66.0 Å². The number of nitrogens with one attached hydrogen (secondary N) is 2. The van der Waals surface area contributed by atoms with Gasteiger partial charge in [0, 0.05) is 28.6 Å². The molecule has 0 saturated heterocycles. The summed E-state index contributed by atoms with van der Waals surface area (Å²) >= 11 is 1.60. The van der Waals surface area contributed by atoms with E-state index in [2.05, 4.69) is 10.6 Å². The van der Waals surface area contributed by atoms with Gasteiger partial charge in [-0.3, -0.25) is 9.69 Å². The van der Waals surface area contributed by atoms with Crippen LogP contribution in [0.25, 0.3) is 0 Å². The summed E-state index contributed by atoms with van der Waals surface area (Å²) in [5, 5.41) is 8.77. The second-order valence-corrected chi connectivity index (χ2v) is 9.01. The molecule has 0 bridgehead atoms. The highest BCUT2D eigenvalue weighted by atomic mass is 32.1. The third-order valence-corrected chi connectivity index (χ3v) is 7.08. The summed E-state index contributed by atoms with van der Waals surface area (Å²) < 4.78 is 0. The number of carbonyl (C=O) groups is 2. The predicted molar refractivity (Wildman–Crippen MR) is 116 cm³/mol. The molecule has 5 nitrogen and oxygen atoms in total. The number of nitrogens with zero attached hydrogens (tertiary/aromatic N) is 1. The van der Waals surface area contributed by atoms with E-state index in [1.165, 1.54) is 0 Å². The molecule has 29 heavy (non-hydrogen) atoms. The van der Waals surface area contributed by atoms with Gasteiger partial charge in [0.15, 0.2) is 5.78 Å². The molecule has 0 radical (unpaired) electrons. The highest BCUT2D eigenvalue weighted by molar-refractivity contribution is 7.10. The summed E-state index contributed by atoms with van der Waals surface area (Å²) in [6.45, 7) is 0. The van der Waals surface area contributed by atoms with Crippen molar-refractivity contribution in [1.29, 1.82) is 0 Å². The van der Waals surface area contributed by atoms with E-state index in [-0.39, 0.29) is 17.9 Å². The van der Waals surface area contributed by atoms with Crippen molar-refractivity contribution >= 4 is 34.5 Å². The minimum atomic E-state index is -0.393. The van der Waals surface area contributed by atoms with E-state index in [0.29, 0.717) is 6.42 Å². The zero-order valence-corrected chi connectivity index (χ0v) is 17.1. The molecule has 1 aliphatic heterocycles. The average Bonchev–Trinajstić information content (AvgIpc) is 3.40. The number of urea groups is 1. The van der Waals surface area contributed by atoms with Gasteiger partial charge in [-0.1, -0.05) is 31.0 Å². The lowest BCUT2D eigenvalue weighted by molar-refractivity contribution is -0.116. The number of benzene rings is 1. The first kappa shape index (κ1) is 18.4. The normalized spacial score (nSPS) is 22.0. The largest absolute Gasteiger partial charge is 0.357 e. The van der Waals surface area contributed by atoms with E-state index in [9.17, 15) is 9.59 Å². The Balaban J connectivity index is 1.66. The lowest BCUT2D eigenvalue weighted by atomic mass is 9.88. The number of amides is 2. The molecule has 1 saturated carbocycles. The Labute approximate surface area is 174 Å². The van der Waals surface area contributed by atoms with Gasteiger partial charge in [-0.2, -0.15) is 0 Å². The smallest absolute Gasteiger partial charge is 0.323 e. The van der Waals surface area contributed by atoms with Crippen LogP contribution in [-0.4, -0.2) is 17.9 Å². The zero-order valence-electron chi connectivity index (χ0n) is 16.3. The summed E-state index contributed by atoms with van der Waals surface area (Å²) in [6, 6.07) is 11.6. The Hall–Kier alpha value is -2.60. The summed E-state index contributed by atoms with van der Waals surface area (Å²) in [4.78, 5) is 29.6. The van der Waals surface area contributed by atoms with Crippen molar-refractivity contribution in [2.75, 3.05) is 10.2 Å². The first-order valence-corrected chi connectivity index (χ1v) is 11.4. The van der Waals surface area contributed by atoms with Gasteiger partial charge in [0.25, 0.3) is 0 Å². The molecular weight excluding hydrogens is 382 g/mol. The van der Waals surface area contributed by atoms with Crippen LogP contribution >= 0.6 is 11.3 Å². The van der Waals surface area contributed by atoms with Crippen molar-refractivity contribution in [2.24, 2.45) is 0 Å². The van der Waals surface area contributed by atoms with Crippen LogP contribution in [0.1, 0.15) is 55.9 Å². The molecule has 6 heteroatoms. The summed E-state index contributed by atoms with van der Waals surface area (Å²) in [7, 11) is 0. The molecular formula is C23H25N3O2S. The number of fused-ring (bicyclic) bond motifs is 1. The molecule has 1 unspecified atom stereocenters. The van der Waals surface area contributed by atoms with Gasteiger partial charge in [0.05, 0.1) is 11.4 Å². The number of thiophene rings is 1. The summed E-state index contributed by atoms with van der Waals surface area (Å²) in [5.41, 5.74) is 3.42. The minimum Gasteiger partial charge on any atom is -0.357 e. The molecule has 3 aliphatic rings. The standard InChI is InChI=1S/C23H25N3O2S/c27-19-12-5-10-17-21(19)22(20-13-6-14-29-20)26(18-11-4-3-9-16(18)25-17)23(28)24-15-7-1-2-8-15/h3-4,6,9,11,13-15,22,25H,1-2,5,7-8,10,12H2,(H,24,28). The number of ketones is 1. The number of para-hydroxylation sites is 2. The minimum absolute atomic E-state index is 0.114. The lowest BCUT2D eigenvalue weighted by Gasteiger charge is -2.33. The van der Waals surface area contributed by atoms with Crippen molar-refractivity contribution in [2.45, 2.75) is 57.0 Å². The summed E-state index contributed by atoms with van der Waals surface area (Å²) in [5.74, 6) is 0.142. The molecule has 1 fully saturated rings. The molecule has 2 N–H and O–H groups in total. The Morgan fingerprint density at radius 1 is 1.07 bits per heavy atom. The Morgan fingerprint density at radius 3 is 2.69 bits per heavy atom. The number of Topliss-reactive ketones (excluding diaryl/α,β-unsaturated/α-hetero) is 1. The maximum absolute atomic E-state index is 13.6. The molecule has 1 aromatic heterocycles. The Bertz CT molecular complexity index is 960. The van der Waals surface area contributed by atoms with Crippen LogP contribution in [0, 0.1) is 0 Å². The van der Waals surface area contributed by atoms with Crippen molar-refractivity contribution in [3.63, 3.8) is 0 Å². The van der Waals surface area contributed by atoms with E-state index < -0.39 is 6.04 Å². The molecule has 2 amide bonds. The fourth-order valence-corrected chi connectivity index (χ4v) is 5.61. The van der Waals surface area contributed by atoms with E-state index in [1.807, 2.05) is 46.7 Å². The molecule has 1 atom stereocenters. The van der Waals surface area contributed by atoms with E-state index in [4.69, 9.17) is 0 Å². The van der Waals surface area contributed by atoms with Crippen LogP contribution in [0.5, 0.6) is 0 Å². The number of carbonyl (C=O) groups excluding carboxylic acids is 2. The van der Waals surface area contributed by atoms with Crippen LogP contribution < -0.4 is 15.5 Å². The fraction of sp³-hybridized carbons (Fsp3) is 0.391. The molecule has 0 spiro atoms. The van der Waals surface area contributed by atoms with Gasteiger partial charge in [-0.05, 0) is 49.3 Å². The number of allylic oxidation sites excluding steroid dienone is 1. The predicted octanol–water partition coefficient (Wildman–Crippen LogP) is 5.38. The van der Waals surface area contributed by atoms with Gasteiger partial charge in [0.2, 0.25) is 0 Å². The Morgan fingerprint density at radius 2 is 1.90 bits per heavy atom. The van der Waals surface area contributed by atoms with Gasteiger partial charge in [-0.15, -0.1) is 11.3 Å². The maximum Gasteiger partial charge on any atom is 0.323 e. The number of hydrogen-bond donors (Lipinski definition) is 2. The highest BCUT2D eigenvalue weighted by Crippen LogP contribution is 2.45. The third-order valence-electron chi connectivity index (χ3n) is 6.15. The Kier molecular flexibility index (Phi) is 4.87. The number of hydrogen-bond acceptors (Lipinski definition) is 4. The van der Waals surface area contributed by atoms with E-state index >= 15 is 0 Å². The second kappa shape index (κ2) is 7.67. The van der Waals surface area contributed by atoms with Gasteiger partial charge in [-0.25, -0.2) is 4.79 Å². The van der Waals surface area contributed by atoms with Crippen LogP contribution in [0.2, 0.25) is 0 Å². The van der Waals surface area contributed by atoms with Gasteiger partial charge < -0.3 is 10.6 Å². The average molecular weight is 408 g/mol. The van der Waals surface area contributed by atoms with Gasteiger partial charge in [0.1, 0.15) is 6.04 Å². The van der Waals surface area contributed by atoms with Crippen LogP contribution in [-0.2, 0) is 4.79 Å². The SMILES string of the molecule is O=C1CCCC2=C1C(c1cccs1)N(C(=O)NC1CCCC1)c1ccccc1N2. The fourth-order valence-electron chi connectivity index (χ4n) is 4.79. The first-order chi connectivity index (χ1) is 14.2. The molecule has 1 aromatic carbocycles. The topological polar surface area (TPSA) is 61.4 Å². The van der Waals surface area contributed by atoms with Crippen LogP contribution in [0.15, 0.2) is 53.0 Å². The third kappa shape index (κ3) is 3.35. The van der Waals surface area contributed by atoms with Crippen molar-refractivity contribution < 1.29 is 9.59 Å². The first-order valence-electron chi connectivity index (χ1n) is 10.5. The molecule has 5 rings (SSSR count). The van der Waals surface area contributed by atoms with Crippen molar-refractivity contribution in [3.05, 3.63) is 57.9 Å². The van der Waals surface area contributed by atoms with Crippen LogP contribution in [0.3, 0.4) is 0 Å².